The molecular formula is C26H20BrN3O3. The molecule has 0 N–H and O–H groups in total. The van der Waals surface area contributed by atoms with E-state index in [0.29, 0.717) is 33.8 Å². The predicted octanol–water partition coefficient (Wildman–Crippen LogP) is 6.24. The number of hydrogen-bond acceptors (Lipinski definition) is 5. The SMILES string of the molecule is CC(C)Oc1ccccc1C=Nn1c(-c2cc3cc(Br)ccc3o2)nc2ccccc2c1=O. The van der Waals surface area contributed by atoms with E-state index in [9.17, 15) is 4.79 Å². The van der Waals surface area contributed by atoms with Crippen LogP contribution in [-0.2, 0) is 0 Å². The number of nitrogens with zero attached hydrogens (tertiary/aromatic N) is 3. The summed E-state index contributed by atoms with van der Waals surface area (Å²) in [6, 6.07) is 22.4. The molecule has 0 aliphatic heterocycles. The molecule has 0 saturated heterocycles. The monoisotopic (exact) mass is 501 g/mol. The van der Waals surface area contributed by atoms with E-state index >= 15 is 0 Å². The molecule has 0 bridgehead atoms. The zero-order chi connectivity index (χ0) is 22.9. The molecule has 0 aliphatic rings. The van der Waals surface area contributed by atoms with Gasteiger partial charge in [-0.1, -0.05) is 40.2 Å². The minimum atomic E-state index is -0.282. The van der Waals surface area contributed by atoms with Crippen LogP contribution in [0.1, 0.15) is 19.4 Å². The topological polar surface area (TPSA) is 69.6 Å². The fourth-order valence-electron chi connectivity index (χ4n) is 3.58. The van der Waals surface area contributed by atoms with Crippen LogP contribution in [0.3, 0.4) is 0 Å². The summed E-state index contributed by atoms with van der Waals surface area (Å²) in [5.41, 5.74) is 1.75. The van der Waals surface area contributed by atoms with Gasteiger partial charge < -0.3 is 9.15 Å². The van der Waals surface area contributed by atoms with Crippen molar-refractivity contribution < 1.29 is 9.15 Å². The van der Waals surface area contributed by atoms with Gasteiger partial charge in [0.05, 0.1) is 23.2 Å². The zero-order valence-corrected chi connectivity index (χ0v) is 19.6. The minimum absolute atomic E-state index is 0.00930. The van der Waals surface area contributed by atoms with Gasteiger partial charge in [-0.15, -0.1) is 0 Å². The maximum absolute atomic E-state index is 13.4. The van der Waals surface area contributed by atoms with Crippen LogP contribution in [0.5, 0.6) is 5.75 Å². The third-order valence-electron chi connectivity index (χ3n) is 5.05. The van der Waals surface area contributed by atoms with Gasteiger partial charge in [0.25, 0.3) is 5.56 Å². The molecule has 0 atom stereocenters. The Morgan fingerprint density at radius 1 is 1.06 bits per heavy atom. The Balaban J connectivity index is 1.70. The molecule has 0 radical (unpaired) electrons. The highest BCUT2D eigenvalue weighted by Gasteiger charge is 2.16. The van der Waals surface area contributed by atoms with E-state index < -0.39 is 0 Å². The molecule has 0 amide bonds. The van der Waals surface area contributed by atoms with Gasteiger partial charge in [-0.2, -0.15) is 9.78 Å². The van der Waals surface area contributed by atoms with Crippen LogP contribution in [-0.4, -0.2) is 22.0 Å². The van der Waals surface area contributed by atoms with Crippen molar-refractivity contribution in [2.75, 3.05) is 0 Å². The van der Waals surface area contributed by atoms with E-state index in [1.54, 1.807) is 18.3 Å². The fraction of sp³-hybridized carbons (Fsp3) is 0.115. The van der Waals surface area contributed by atoms with Crippen LogP contribution in [0.4, 0.5) is 0 Å². The summed E-state index contributed by atoms with van der Waals surface area (Å²) in [6.45, 7) is 3.92. The maximum Gasteiger partial charge on any atom is 0.282 e. The normalized spacial score (nSPS) is 11.8. The Morgan fingerprint density at radius 3 is 2.70 bits per heavy atom. The average molecular weight is 502 g/mol. The molecule has 2 heterocycles. The van der Waals surface area contributed by atoms with Crippen molar-refractivity contribution in [2.24, 2.45) is 5.10 Å². The van der Waals surface area contributed by atoms with Crippen LogP contribution in [0.25, 0.3) is 33.5 Å². The standard InChI is InChI=1S/C26H20BrN3O3/c1-16(2)32-22-10-6-3-7-17(22)15-28-30-25(29-21-9-5-4-8-20(21)26(30)31)24-14-18-13-19(27)11-12-23(18)33-24/h3-16H,1-2H3. The van der Waals surface area contributed by atoms with Gasteiger partial charge >= 0.3 is 0 Å². The van der Waals surface area contributed by atoms with E-state index in [-0.39, 0.29) is 11.7 Å². The summed E-state index contributed by atoms with van der Waals surface area (Å²) in [5, 5.41) is 5.90. The smallest absolute Gasteiger partial charge is 0.282 e. The Hall–Kier alpha value is -3.71. The average Bonchev–Trinajstić information content (AvgIpc) is 3.22. The molecule has 3 aromatic carbocycles. The third-order valence-corrected chi connectivity index (χ3v) is 5.54. The molecule has 0 aliphatic carbocycles. The second kappa shape index (κ2) is 8.67. The minimum Gasteiger partial charge on any atom is -0.490 e. The molecule has 0 unspecified atom stereocenters. The number of para-hydroxylation sites is 2. The molecule has 2 aromatic heterocycles. The summed E-state index contributed by atoms with van der Waals surface area (Å²) in [6.07, 6.45) is 1.62. The lowest BCUT2D eigenvalue weighted by Crippen LogP contribution is -2.20. The molecule has 7 heteroatoms. The van der Waals surface area contributed by atoms with E-state index in [1.165, 1.54) is 4.68 Å². The van der Waals surface area contributed by atoms with E-state index in [1.807, 2.05) is 74.5 Å². The first-order valence-electron chi connectivity index (χ1n) is 10.5. The largest absolute Gasteiger partial charge is 0.490 e. The predicted molar refractivity (Wildman–Crippen MR) is 134 cm³/mol. The quantitative estimate of drug-likeness (QED) is 0.267. The van der Waals surface area contributed by atoms with Crippen LogP contribution < -0.4 is 10.3 Å². The highest BCUT2D eigenvalue weighted by atomic mass is 79.9. The third kappa shape index (κ3) is 4.19. The Bertz CT molecular complexity index is 1570. The van der Waals surface area contributed by atoms with Gasteiger partial charge in [-0.05, 0) is 62.4 Å². The molecule has 0 saturated carbocycles. The second-order valence-corrected chi connectivity index (χ2v) is 8.73. The molecule has 6 nitrogen and oxygen atoms in total. The summed E-state index contributed by atoms with van der Waals surface area (Å²) < 4.78 is 14.1. The van der Waals surface area contributed by atoms with E-state index in [4.69, 9.17) is 14.1 Å². The maximum atomic E-state index is 13.4. The number of ether oxygens (including phenoxy) is 1. The molecule has 5 rings (SSSR count). The molecule has 0 spiro atoms. The number of rotatable bonds is 5. The highest BCUT2D eigenvalue weighted by molar-refractivity contribution is 9.10. The van der Waals surface area contributed by atoms with Crippen molar-refractivity contribution in [3.05, 3.63) is 93.2 Å². The van der Waals surface area contributed by atoms with E-state index in [2.05, 4.69) is 21.0 Å². The molecule has 33 heavy (non-hydrogen) atoms. The van der Waals surface area contributed by atoms with Crippen molar-refractivity contribution in [1.29, 1.82) is 0 Å². The first kappa shape index (κ1) is 21.2. The second-order valence-electron chi connectivity index (χ2n) is 7.81. The number of hydrogen-bond donors (Lipinski definition) is 0. The lowest BCUT2D eigenvalue weighted by atomic mass is 10.2. The van der Waals surface area contributed by atoms with Gasteiger partial charge in [-0.3, -0.25) is 4.79 Å². The number of halogens is 1. The van der Waals surface area contributed by atoms with Gasteiger partial charge in [0.1, 0.15) is 11.3 Å². The van der Waals surface area contributed by atoms with Crippen LogP contribution in [0, 0.1) is 0 Å². The number of benzene rings is 3. The van der Waals surface area contributed by atoms with Gasteiger partial charge in [0.15, 0.2) is 5.76 Å². The summed E-state index contributed by atoms with van der Waals surface area (Å²) >= 11 is 3.48. The Labute approximate surface area is 198 Å². The van der Waals surface area contributed by atoms with Gasteiger partial charge in [0, 0.05) is 15.4 Å². The van der Waals surface area contributed by atoms with Crippen molar-refractivity contribution in [1.82, 2.24) is 9.66 Å². The van der Waals surface area contributed by atoms with Crippen molar-refractivity contribution in [3.63, 3.8) is 0 Å². The molecule has 164 valence electrons. The van der Waals surface area contributed by atoms with Crippen molar-refractivity contribution in [3.8, 4) is 17.3 Å². The van der Waals surface area contributed by atoms with Gasteiger partial charge in [-0.25, -0.2) is 4.98 Å². The lowest BCUT2D eigenvalue weighted by Gasteiger charge is -2.12. The van der Waals surface area contributed by atoms with E-state index in [0.717, 1.165) is 15.4 Å². The zero-order valence-electron chi connectivity index (χ0n) is 18.0. The fourth-order valence-corrected chi connectivity index (χ4v) is 3.96. The first-order chi connectivity index (χ1) is 16.0. The summed E-state index contributed by atoms with van der Waals surface area (Å²) in [5.74, 6) is 1.47. The lowest BCUT2D eigenvalue weighted by molar-refractivity contribution is 0.242. The van der Waals surface area contributed by atoms with Crippen LogP contribution >= 0.6 is 15.9 Å². The van der Waals surface area contributed by atoms with Crippen LogP contribution in [0.2, 0.25) is 0 Å². The number of aromatic nitrogens is 2. The summed E-state index contributed by atoms with van der Waals surface area (Å²) in [7, 11) is 0. The highest BCUT2D eigenvalue weighted by Crippen LogP contribution is 2.29. The number of fused-ring (bicyclic) bond motifs is 2. The van der Waals surface area contributed by atoms with Gasteiger partial charge in [0.2, 0.25) is 5.82 Å². The van der Waals surface area contributed by atoms with Crippen LogP contribution in [0.15, 0.2) is 91.6 Å². The van der Waals surface area contributed by atoms with Crippen molar-refractivity contribution in [2.45, 2.75) is 20.0 Å². The summed E-state index contributed by atoms with van der Waals surface area (Å²) in [4.78, 5) is 18.1. The molecule has 5 aromatic rings. The number of furan rings is 1. The first-order valence-corrected chi connectivity index (χ1v) is 11.3. The Morgan fingerprint density at radius 2 is 1.85 bits per heavy atom. The van der Waals surface area contributed by atoms with Crippen molar-refractivity contribution >= 4 is 44.0 Å². The Kier molecular flexibility index (Phi) is 5.56. The molecule has 0 fully saturated rings. The molecular weight excluding hydrogens is 482 g/mol.